The van der Waals surface area contributed by atoms with Crippen molar-refractivity contribution in [2.75, 3.05) is 33.5 Å². The molecule has 4 heterocycles. The molecule has 4 saturated heterocycles. The average Bonchev–Trinajstić information content (AvgIpc) is 1.46. The van der Waals surface area contributed by atoms with Crippen molar-refractivity contribution in [3.05, 3.63) is 348 Å². The van der Waals surface area contributed by atoms with Crippen molar-refractivity contribution in [2.45, 2.75) is 177 Å². The first-order valence-electron chi connectivity index (χ1n) is 38.6. The van der Waals surface area contributed by atoms with Crippen LogP contribution in [0.1, 0.15) is 65.3 Å². The van der Waals surface area contributed by atoms with Gasteiger partial charge in [0, 0.05) is 7.11 Å². The molecule has 14 rings (SSSR count). The van der Waals surface area contributed by atoms with Gasteiger partial charge in [-0.25, -0.2) is 0 Å². The molecule has 4 fully saturated rings. The molecule has 10 aromatic carbocycles. The van der Waals surface area contributed by atoms with Crippen LogP contribution in [0.2, 0.25) is 5.04 Å². The summed E-state index contributed by atoms with van der Waals surface area (Å²) in [6, 6.07) is 101. The molecule has 0 spiro atoms. The molecule has 0 aliphatic carbocycles. The molecule has 580 valence electrons. The lowest BCUT2D eigenvalue weighted by Gasteiger charge is -2.43. The minimum atomic E-state index is -3.33. The number of rotatable bonds is 39. The largest absolute Gasteiger partial charge is 0.405 e. The summed E-state index contributed by atoms with van der Waals surface area (Å²) < 4.78 is 122. The number of methoxy groups -OCH3 is 1. The quantitative estimate of drug-likeness (QED) is 0.0335. The standard InChI is InChI=1S/C93H102O17Si/c1-93(2,3)111(75-51-31-13-32-52-75,76-53-33-14-34-54-76)104-66-80-84(87(102-62-74-49-29-12-30-50-74)90(106-80)103-65-79-82(98-58-70-41-21-8-22-42-70)85(89(94-4)105-79)100-60-72-45-25-10-26-46-72)109-92-88(83(99-59-71-43-23-9-24-44-71)78(108-92)64-96-56-68-37-17-6-18-38-68)110-91-86(101-61-73-47-27-11-28-48-73)81(97-57-69-39-19-7-20-40-69)77(107-91)63-95-55-67-35-15-5-16-36-67/h5-54,77-92H,55-66H2,1-4H3/t77-,78-,79-,80-,81-,82-,83-,84-,85+,86+,87+,88+,89+,90+,91+,92-/m1/s1. The Hall–Kier alpha value is -8.26. The maximum atomic E-state index is 7.92. The van der Waals surface area contributed by atoms with E-state index in [2.05, 4.69) is 69.3 Å². The zero-order valence-corrected chi connectivity index (χ0v) is 64.5. The molecule has 0 amide bonds. The van der Waals surface area contributed by atoms with E-state index in [4.69, 9.17) is 80.2 Å². The minimum Gasteiger partial charge on any atom is -0.405 e. The van der Waals surface area contributed by atoms with Crippen LogP contribution in [0.4, 0.5) is 0 Å². The van der Waals surface area contributed by atoms with Crippen molar-refractivity contribution in [1.82, 2.24) is 0 Å². The fourth-order valence-electron chi connectivity index (χ4n) is 15.1. The normalized spacial score (nSPS) is 25.3. The van der Waals surface area contributed by atoms with E-state index in [-0.39, 0.29) is 72.7 Å². The number of hydrogen-bond acceptors (Lipinski definition) is 17. The molecule has 18 heteroatoms. The van der Waals surface area contributed by atoms with Crippen molar-refractivity contribution in [1.29, 1.82) is 0 Å². The van der Waals surface area contributed by atoms with E-state index in [0.717, 1.165) is 54.9 Å². The highest BCUT2D eigenvalue weighted by atomic mass is 28.4. The lowest BCUT2D eigenvalue weighted by Crippen LogP contribution is -2.67. The minimum absolute atomic E-state index is 0.00885. The van der Waals surface area contributed by atoms with Crippen molar-refractivity contribution in [2.24, 2.45) is 0 Å². The Labute approximate surface area is 653 Å². The Morgan fingerprint density at radius 3 is 0.847 bits per heavy atom. The summed E-state index contributed by atoms with van der Waals surface area (Å²) in [5.41, 5.74) is 7.72. The molecule has 0 bridgehead atoms. The number of hydrogen-bond donors (Lipinski definition) is 0. The molecule has 0 unspecified atom stereocenters. The molecular weight excluding hydrogens is 1420 g/mol. The topological polar surface area (TPSA) is 157 Å². The highest BCUT2D eigenvalue weighted by Crippen LogP contribution is 2.42. The van der Waals surface area contributed by atoms with Gasteiger partial charge in [0.15, 0.2) is 25.2 Å². The maximum absolute atomic E-state index is 7.92. The SMILES string of the molecule is CO[C@H]1O[C@H](CO[C@H]2O[C@H](CO[Si](c3ccccc3)(c3ccccc3)C(C)(C)C)[C@@H](O[C@H]3O[C@H](COCc4ccccc4)[C@@H](OCc4ccccc4)[C@@H]3O[C@@H]3O[C@H](COCc4ccccc4)[C@@H](OCc4ccccc4)[C@@H]3OCc3ccccc3)[C@@H]2OCc2ccccc2)[C@@H](OCc2ccccc2)[C@@H]1OCc1ccccc1. The third kappa shape index (κ3) is 21.0. The Morgan fingerprint density at radius 1 is 0.252 bits per heavy atom. The second-order valence-corrected chi connectivity index (χ2v) is 33.8. The predicted octanol–water partition coefficient (Wildman–Crippen LogP) is 14.8. The molecule has 4 aliphatic heterocycles. The van der Waals surface area contributed by atoms with Gasteiger partial charge in [-0.2, -0.15) is 0 Å². The summed E-state index contributed by atoms with van der Waals surface area (Å²) >= 11 is 0. The van der Waals surface area contributed by atoms with E-state index in [1.54, 1.807) is 7.11 Å². The molecule has 0 N–H and O–H groups in total. The van der Waals surface area contributed by atoms with Gasteiger partial charge in [0.25, 0.3) is 8.32 Å². The van der Waals surface area contributed by atoms with Crippen LogP contribution in [0.3, 0.4) is 0 Å². The Balaban J connectivity index is 0.863. The maximum Gasteiger partial charge on any atom is 0.261 e. The second-order valence-electron chi connectivity index (χ2n) is 29.5. The highest BCUT2D eigenvalue weighted by Gasteiger charge is 2.59. The van der Waals surface area contributed by atoms with Crippen molar-refractivity contribution >= 4 is 18.7 Å². The summed E-state index contributed by atoms with van der Waals surface area (Å²) in [5.74, 6) is 0. The molecule has 10 aromatic rings. The molecular formula is C93H102O17Si. The van der Waals surface area contributed by atoms with Crippen molar-refractivity contribution < 1.29 is 80.2 Å². The van der Waals surface area contributed by atoms with Crippen LogP contribution in [-0.4, -0.2) is 140 Å². The fourth-order valence-corrected chi connectivity index (χ4v) is 19.7. The average molecular weight is 1520 g/mol. The lowest BCUT2D eigenvalue weighted by atomic mass is 10.1. The molecule has 0 radical (unpaired) electrons. The van der Waals surface area contributed by atoms with Crippen LogP contribution in [0, 0.1) is 0 Å². The van der Waals surface area contributed by atoms with Crippen LogP contribution in [-0.2, 0) is 133 Å². The molecule has 16 atom stereocenters. The summed E-state index contributed by atoms with van der Waals surface area (Å²) in [4.78, 5) is 0. The van der Waals surface area contributed by atoms with Crippen LogP contribution in [0.15, 0.2) is 303 Å². The first-order chi connectivity index (χ1) is 54.6. The third-order valence-corrected chi connectivity index (χ3v) is 25.7. The molecule has 0 aromatic heterocycles. The lowest BCUT2D eigenvalue weighted by molar-refractivity contribution is -0.272. The number of ether oxygens (including phenoxy) is 16. The van der Waals surface area contributed by atoms with E-state index in [1.807, 2.05) is 255 Å². The summed E-state index contributed by atoms with van der Waals surface area (Å²) in [7, 11) is -1.72. The first-order valence-corrected chi connectivity index (χ1v) is 40.5. The van der Waals surface area contributed by atoms with Gasteiger partial charge < -0.3 is 80.2 Å². The van der Waals surface area contributed by atoms with Gasteiger partial charge in [0.1, 0.15) is 73.2 Å². The summed E-state index contributed by atoms with van der Waals surface area (Å²) in [5, 5.41) is 1.73. The van der Waals surface area contributed by atoms with Gasteiger partial charge in [-0.3, -0.25) is 0 Å². The van der Waals surface area contributed by atoms with Crippen LogP contribution >= 0.6 is 0 Å². The third-order valence-electron chi connectivity index (χ3n) is 20.7. The van der Waals surface area contributed by atoms with Crippen LogP contribution in [0.25, 0.3) is 0 Å². The van der Waals surface area contributed by atoms with Crippen molar-refractivity contribution in [3.8, 4) is 0 Å². The monoisotopic (exact) mass is 1520 g/mol. The molecule has 0 saturated carbocycles. The first kappa shape index (κ1) is 79.4. The van der Waals surface area contributed by atoms with Gasteiger partial charge in [0.2, 0.25) is 0 Å². The Kier molecular flexibility index (Phi) is 28.6. The molecule has 17 nitrogen and oxygen atoms in total. The van der Waals surface area contributed by atoms with E-state index in [9.17, 15) is 0 Å². The van der Waals surface area contributed by atoms with Gasteiger partial charge in [0.05, 0.1) is 79.3 Å². The molecule has 111 heavy (non-hydrogen) atoms. The fraction of sp³-hybridized carbons (Fsp3) is 0.355. The zero-order chi connectivity index (χ0) is 75.9. The Morgan fingerprint density at radius 2 is 0.505 bits per heavy atom. The van der Waals surface area contributed by atoms with Crippen LogP contribution in [0.5, 0.6) is 0 Å². The summed E-state index contributed by atoms with van der Waals surface area (Å²) in [6.07, 6.45) is -14.5. The second kappa shape index (κ2) is 40.0. The van der Waals surface area contributed by atoms with E-state index >= 15 is 0 Å². The van der Waals surface area contributed by atoms with Crippen LogP contribution < -0.4 is 10.4 Å². The van der Waals surface area contributed by atoms with Gasteiger partial charge in [-0.15, -0.1) is 0 Å². The van der Waals surface area contributed by atoms with E-state index in [0.29, 0.717) is 6.61 Å². The highest BCUT2D eigenvalue weighted by molar-refractivity contribution is 6.99. The van der Waals surface area contributed by atoms with Gasteiger partial charge >= 0.3 is 0 Å². The summed E-state index contributed by atoms with van der Waals surface area (Å²) in [6.45, 7) is 8.87. The zero-order valence-electron chi connectivity index (χ0n) is 63.5. The smallest absolute Gasteiger partial charge is 0.261 e. The molecule has 4 aliphatic rings. The van der Waals surface area contributed by atoms with Gasteiger partial charge in [-0.1, -0.05) is 324 Å². The van der Waals surface area contributed by atoms with Gasteiger partial charge in [-0.05, 0) is 59.9 Å². The number of benzene rings is 10. The van der Waals surface area contributed by atoms with E-state index < -0.39 is 112 Å². The van der Waals surface area contributed by atoms with Crippen molar-refractivity contribution in [3.63, 3.8) is 0 Å². The van der Waals surface area contributed by atoms with E-state index in [1.165, 1.54) is 0 Å². The predicted molar refractivity (Wildman–Crippen MR) is 423 cm³/mol. The Bertz CT molecular complexity index is 4220.